The van der Waals surface area contributed by atoms with Crippen molar-refractivity contribution in [1.29, 1.82) is 0 Å². The highest BCUT2D eigenvalue weighted by Crippen LogP contribution is 2.42. The molecule has 196 valence electrons. The summed E-state index contributed by atoms with van der Waals surface area (Å²) in [5, 5.41) is 18.7. The molecule has 1 saturated carbocycles. The van der Waals surface area contributed by atoms with E-state index in [0.717, 1.165) is 16.6 Å². The fourth-order valence-corrected chi connectivity index (χ4v) is 6.19. The van der Waals surface area contributed by atoms with Gasteiger partial charge < -0.3 is 19.9 Å². The van der Waals surface area contributed by atoms with Gasteiger partial charge in [-0.25, -0.2) is 9.97 Å². The number of aliphatic hydroxyl groups excluding tert-OH is 1. The maximum atomic E-state index is 13.4. The van der Waals surface area contributed by atoms with Crippen LogP contribution in [0, 0.1) is 5.92 Å². The molecule has 1 aliphatic carbocycles. The number of aliphatic hydroxyl groups is 1. The van der Waals surface area contributed by atoms with Crippen molar-refractivity contribution < 1.29 is 19.4 Å². The fourth-order valence-electron chi connectivity index (χ4n) is 4.98. The number of rotatable bonds is 10. The zero-order chi connectivity index (χ0) is 26.0. The Hall–Kier alpha value is -2.31. The van der Waals surface area contributed by atoms with E-state index in [1.54, 1.807) is 22.5 Å². The van der Waals surface area contributed by atoms with Crippen LogP contribution in [0.5, 0.6) is 0 Å². The SMILES string of the molecule is CC1(C)O[C@@H]2[C@@H](CO)C[C@@H](Nc3ncncc3C(=O)c3ccn(Cc4cccc(SCCBr)c4)n3)[C@@H]2O1. The van der Waals surface area contributed by atoms with Crippen molar-refractivity contribution in [3.05, 3.63) is 65.9 Å². The number of nitrogens with zero attached hydrogens (tertiary/aromatic N) is 4. The van der Waals surface area contributed by atoms with E-state index in [2.05, 4.69) is 54.5 Å². The zero-order valence-corrected chi connectivity index (χ0v) is 23.1. The molecule has 4 atom stereocenters. The number of anilines is 1. The molecular weight excluding hydrogens is 558 g/mol. The van der Waals surface area contributed by atoms with E-state index in [9.17, 15) is 9.90 Å². The topological polar surface area (TPSA) is 111 Å². The Morgan fingerprint density at radius 1 is 1.30 bits per heavy atom. The first-order valence-electron chi connectivity index (χ1n) is 12.3. The molecule has 2 N–H and O–H groups in total. The van der Waals surface area contributed by atoms with Crippen LogP contribution < -0.4 is 5.32 Å². The molecule has 37 heavy (non-hydrogen) atoms. The zero-order valence-electron chi connectivity index (χ0n) is 20.7. The molecule has 2 aromatic heterocycles. The molecular formula is C26H30BrN5O4S. The predicted octanol–water partition coefficient (Wildman–Crippen LogP) is 3.75. The lowest BCUT2D eigenvalue weighted by Crippen LogP contribution is -2.35. The van der Waals surface area contributed by atoms with Crippen LogP contribution in [-0.2, 0) is 16.0 Å². The summed E-state index contributed by atoms with van der Waals surface area (Å²) in [6.45, 7) is 4.30. The Bertz CT molecular complexity index is 1250. The molecule has 0 bridgehead atoms. The molecule has 0 unspecified atom stereocenters. The molecule has 1 aromatic carbocycles. The van der Waals surface area contributed by atoms with Crippen molar-refractivity contribution in [2.45, 2.75) is 55.7 Å². The van der Waals surface area contributed by atoms with E-state index in [-0.39, 0.29) is 36.6 Å². The summed E-state index contributed by atoms with van der Waals surface area (Å²) in [6, 6.07) is 9.88. The molecule has 0 amide bonds. The van der Waals surface area contributed by atoms with Gasteiger partial charge in [0.1, 0.15) is 23.9 Å². The standard InChI is InChI=1S/C26H30BrN5O4S/c1-26(2)35-23-17(14-33)11-21(24(23)36-26)30-25-19(12-28-15-29-25)22(34)20-6-8-32(31-20)13-16-4-3-5-18(10-16)37-9-7-27/h3-6,8,10,12,15,17,21,23-24,33H,7,9,11,13-14H2,1-2H3,(H,28,29,30)/t17-,21-,23-,24+/m1/s1. The van der Waals surface area contributed by atoms with Crippen molar-refractivity contribution in [2.75, 3.05) is 23.0 Å². The van der Waals surface area contributed by atoms with E-state index in [1.807, 2.05) is 26.1 Å². The molecule has 9 nitrogen and oxygen atoms in total. The molecule has 0 spiro atoms. The predicted molar refractivity (Wildman–Crippen MR) is 144 cm³/mol. The molecule has 3 aromatic rings. The maximum absolute atomic E-state index is 13.4. The van der Waals surface area contributed by atoms with Gasteiger partial charge in [-0.3, -0.25) is 9.48 Å². The van der Waals surface area contributed by atoms with Crippen LogP contribution in [-0.4, -0.2) is 72.4 Å². The highest BCUT2D eigenvalue weighted by atomic mass is 79.9. The first-order valence-corrected chi connectivity index (χ1v) is 14.4. The Balaban J connectivity index is 1.31. The van der Waals surface area contributed by atoms with Crippen molar-refractivity contribution in [3.8, 4) is 0 Å². The number of benzene rings is 1. The van der Waals surface area contributed by atoms with Crippen LogP contribution in [0.4, 0.5) is 5.82 Å². The molecule has 2 fully saturated rings. The smallest absolute Gasteiger partial charge is 0.218 e. The number of alkyl halides is 1. The lowest BCUT2D eigenvalue weighted by atomic mass is 10.1. The van der Waals surface area contributed by atoms with Gasteiger partial charge in [0.2, 0.25) is 5.78 Å². The summed E-state index contributed by atoms with van der Waals surface area (Å²) in [5.41, 5.74) is 1.77. The number of carbonyl (C=O) groups is 1. The Kier molecular flexibility index (Phi) is 7.96. The monoisotopic (exact) mass is 587 g/mol. The third kappa shape index (κ3) is 5.91. The summed E-state index contributed by atoms with van der Waals surface area (Å²) in [6.07, 6.45) is 4.89. The average molecular weight is 589 g/mol. The number of thioether (sulfide) groups is 1. The Labute approximate surface area is 228 Å². The second kappa shape index (κ2) is 11.2. The summed E-state index contributed by atoms with van der Waals surface area (Å²) in [5.74, 6) is 0.366. The van der Waals surface area contributed by atoms with Gasteiger partial charge in [0.25, 0.3) is 0 Å². The van der Waals surface area contributed by atoms with Crippen LogP contribution >= 0.6 is 27.7 Å². The lowest BCUT2D eigenvalue weighted by molar-refractivity contribution is -0.158. The minimum atomic E-state index is -0.730. The molecule has 11 heteroatoms. The van der Waals surface area contributed by atoms with Gasteiger partial charge in [0.05, 0.1) is 24.3 Å². The van der Waals surface area contributed by atoms with Gasteiger partial charge in [-0.05, 0) is 44.0 Å². The van der Waals surface area contributed by atoms with E-state index in [4.69, 9.17) is 9.47 Å². The third-order valence-corrected chi connectivity index (χ3v) is 8.47. The number of carbonyl (C=O) groups excluding carboxylic acids is 1. The van der Waals surface area contributed by atoms with Crippen molar-refractivity contribution in [2.24, 2.45) is 5.92 Å². The number of halogens is 1. The summed E-state index contributed by atoms with van der Waals surface area (Å²) in [4.78, 5) is 23.1. The molecule has 0 radical (unpaired) electrons. The number of aromatic nitrogens is 4. The first kappa shape index (κ1) is 26.3. The number of hydrogen-bond acceptors (Lipinski definition) is 9. The number of ketones is 1. The fraction of sp³-hybridized carbons (Fsp3) is 0.462. The Morgan fingerprint density at radius 3 is 2.95 bits per heavy atom. The number of ether oxygens (including phenoxy) is 2. The van der Waals surface area contributed by atoms with Gasteiger partial charge in [-0.2, -0.15) is 5.10 Å². The average Bonchev–Trinajstić information content (AvgIpc) is 3.56. The largest absolute Gasteiger partial charge is 0.396 e. The first-order chi connectivity index (χ1) is 17.9. The molecule has 2 aliphatic rings. The second-order valence-corrected chi connectivity index (χ2v) is 11.7. The molecule has 1 saturated heterocycles. The Morgan fingerprint density at radius 2 is 2.14 bits per heavy atom. The minimum Gasteiger partial charge on any atom is -0.396 e. The van der Waals surface area contributed by atoms with Crippen LogP contribution in [0.3, 0.4) is 0 Å². The summed E-state index contributed by atoms with van der Waals surface area (Å²) >= 11 is 5.26. The third-order valence-electron chi connectivity index (χ3n) is 6.56. The quantitative estimate of drug-likeness (QED) is 0.208. The number of hydrogen-bond donors (Lipinski definition) is 2. The van der Waals surface area contributed by atoms with Crippen LogP contribution in [0.2, 0.25) is 0 Å². The van der Waals surface area contributed by atoms with Crippen LogP contribution in [0.25, 0.3) is 0 Å². The number of nitrogens with one attached hydrogen (secondary N) is 1. The van der Waals surface area contributed by atoms with Crippen molar-refractivity contribution in [3.63, 3.8) is 0 Å². The van der Waals surface area contributed by atoms with E-state index < -0.39 is 5.79 Å². The van der Waals surface area contributed by atoms with Gasteiger partial charge in [0.15, 0.2) is 5.79 Å². The van der Waals surface area contributed by atoms with Crippen LogP contribution in [0.15, 0.2) is 53.9 Å². The summed E-state index contributed by atoms with van der Waals surface area (Å²) < 4.78 is 13.9. The highest BCUT2D eigenvalue weighted by Gasteiger charge is 2.54. The lowest BCUT2D eigenvalue weighted by Gasteiger charge is -2.24. The van der Waals surface area contributed by atoms with Gasteiger partial charge in [-0.1, -0.05) is 28.1 Å². The molecule has 1 aliphatic heterocycles. The van der Waals surface area contributed by atoms with Gasteiger partial charge >= 0.3 is 0 Å². The van der Waals surface area contributed by atoms with Gasteiger partial charge in [0, 0.05) is 40.9 Å². The highest BCUT2D eigenvalue weighted by molar-refractivity contribution is 9.09. The maximum Gasteiger partial charge on any atom is 0.218 e. The van der Waals surface area contributed by atoms with E-state index >= 15 is 0 Å². The van der Waals surface area contributed by atoms with Crippen molar-refractivity contribution in [1.82, 2.24) is 19.7 Å². The van der Waals surface area contributed by atoms with Crippen LogP contribution in [0.1, 0.15) is 41.9 Å². The van der Waals surface area contributed by atoms with Gasteiger partial charge in [-0.15, -0.1) is 11.8 Å². The van der Waals surface area contributed by atoms with Crippen molar-refractivity contribution >= 4 is 39.3 Å². The van der Waals surface area contributed by atoms with E-state index in [0.29, 0.717) is 30.0 Å². The minimum absolute atomic E-state index is 0.00386. The van der Waals surface area contributed by atoms with E-state index in [1.165, 1.54) is 17.4 Å². The second-order valence-electron chi connectivity index (χ2n) is 9.69. The molecule has 3 heterocycles. The summed E-state index contributed by atoms with van der Waals surface area (Å²) in [7, 11) is 0. The number of fused-ring (bicyclic) bond motifs is 1. The normalized spacial score (nSPS) is 24.2. The molecule has 5 rings (SSSR count).